The van der Waals surface area contributed by atoms with Crippen LogP contribution >= 0.6 is 0 Å². The minimum absolute atomic E-state index is 0.0348. The number of phenolic OH excluding ortho intramolecular Hbond substituents is 1. The Kier molecular flexibility index (Phi) is 7.72. The Bertz CT molecular complexity index is 912. The largest absolute Gasteiger partial charge is 0.504 e. The van der Waals surface area contributed by atoms with E-state index in [-0.39, 0.29) is 18.0 Å². The normalized spacial score (nSPS) is 10.4. The third-order valence-electron chi connectivity index (χ3n) is 3.54. The van der Waals surface area contributed by atoms with Gasteiger partial charge in [0.1, 0.15) is 5.82 Å². The second kappa shape index (κ2) is 10.5. The summed E-state index contributed by atoms with van der Waals surface area (Å²) in [5.74, 6) is -2.16. The molecular formula is C20H19FN2O6. The van der Waals surface area contributed by atoms with E-state index < -0.39 is 30.2 Å². The van der Waals surface area contributed by atoms with E-state index in [4.69, 9.17) is 9.47 Å². The van der Waals surface area contributed by atoms with E-state index in [9.17, 15) is 23.9 Å². The first-order chi connectivity index (χ1) is 13.9. The highest BCUT2D eigenvalue weighted by Gasteiger charge is 2.08. The number of nitrogens with one attached hydrogen (secondary N) is 2. The summed E-state index contributed by atoms with van der Waals surface area (Å²) in [4.78, 5) is 35.0. The highest BCUT2D eigenvalue weighted by Crippen LogP contribution is 2.26. The van der Waals surface area contributed by atoms with Crippen molar-refractivity contribution < 1.29 is 33.4 Å². The lowest BCUT2D eigenvalue weighted by Crippen LogP contribution is -2.35. The van der Waals surface area contributed by atoms with Gasteiger partial charge in [0.2, 0.25) is 5.91 Å². The van der Waals surface area contributed by atoms with Gasteiger partial charge in [-0.05, 0) is 48.0 Å². The van der Waals surface area contributed by atoms with Gasteiger partial charge in [-0.3, -0.25) is 9.59 Å². The number of phenols is 1. The number of anilines is 1. The summed E-state index contributed by atoms with van der Waals surface area (Å²) < 4.78 is 22.5. The SMILES string of the molecule is COc1cc(/C=C/C(=O)OCC(=O)NCC(=O)Nc2ccc(F)cc2)ccc1O. The number of hydrogen-bond donors (Lipinski definition) is 3. The Morgan fingerprint density at radius 3 is 2.52 bits per heavy atom. The molecule has 0 unspecified atom stereocenters. The van der Waals surface area contributed by atoms with Crippen LogP contribution in [-0.2, 0) is 19.1 Å². The van der Waals surface area contributed by atoms with Crippen molar-refractivity contribution >= 4 is 29.5 Å². The smallest absolute Gasteiger partial charge is 0.331 e. The lowest BCUT2D eigenvalue weighted by Gasteiger charge is -2.07. The number of benzene rings is 2. The number of carbonyl (C=O) groups excluding carboxylic acids is 3. The fourth-order valence-corrected chi connectivity index (χ4v) is 2.12. The van der Waals surface area contributed by atoms with Gasteiger partial charge < -0.3 is 25.2 Å². The third kappa shape index (κ3) is 7.33. The first kappa shape index (κ1) is 21.4. The molecular weight excluding hydrogens is 383 g/mol. The average Bonchev–Trinajstić information content (AvgIpc) is 2.71. The van der Waals surface area contributed by atoms with Crippen molar-refractivity contribution in [3.63, 3.8) is 0 Å². The predicted octanol–water partition coefficient (Wildman–Crippen LogP) is 1.85. The van der Waals surface area contributed by atoms with Crippen molar-refractivity contribution in [3.8, 4) is 11.5 Å². The van der Waals surface area contributed by atoms with Crippen LogP contribution in [0, 0.1) is 5.82 Å². The fraction of sp³-hybridized carbons (Fsp3) is 0.150. The molecule has 0 saturated carbocycles. The molecule has 0 fully saturated rings. The maximum Gasteiger partial charge on any atom is 0.331 e. The van der Waals surface area contributed by atoms with Crippen LogP contribution in [-0.4, -0.2) is 43.2 Å². The van der Waals surface area contributed by atoms with E-state index in [1.54, 1.807) is 6.07 Å². The van der Waals surface area contributed by atoms with Crippen molar-refractivity contribution in [3.05, 3.63) is 59.9 Å². The van der Waals surface area contributed by atoms with Crippen LogP contribution in [0.15, 0.2) is 48.5 Å². The first-order valence-electron chi connectivity index (χ1n) is 8.41. The van der Waals surface area contributed by atoms with E-state index in [0.29, 0.717) is 11.3 Å². The van der Waals surface area contributed by atoms with Gasteiger partial charge in [-0.1, -0.05) is 6.07 Å². The summed E-state index contributed by atoms with van der Waals surface area (Å²) in [6.45, 7) is -0.900. The average molecular weight is 402 g/mol. The molecule has 0 aliphatic rings. The number of rotatable bonds is 8. The molecule has 2 rings (SSSR count). The van der Waals surface area contributed by atoms with Gasteiger partial charge in [-0.2, -0.15) is 0 Å². The molecule has 0 aromatic heterocycles. The Labute approximate surface area is 165 Å². The van der Waals surface area contributed by atoms with E-state index >= 15 is 0 Å². The van der Waals surface area contributed by atoms with Crippen LogP contribution < -0.4 is 15.4 Å². The fourth-order valence-electron chi connectivity index (χ4n) is 2.12. The Hall–Kier alpha value is -3.88. The summed E-state index contributed by atoms with van der Waals surface area (Å²) >= 11 is 0. The molecule has 0 heterocycles. The molecule has 0 radical (unpaired) electrons. The Morgan fingerprint density at radius 2 is 1.83 bits per heavy atom. The lowest BCUT2D eigenvalue weighted by molar-refractivity contribution is -0.143. The highest BCUT2D eigenvalue weighted by molar-refractivity contribution is 5.95. The first-order valence-corrected chi connectivity index (χ1v) is 8.41. The molecule has 3 N–H and O–H groups in total. The molecule has 0 saturated heterocycles. The summed E-state index contributed by atoms with van der Waals surface area (Å²) in [6.07, 6.45) is 2.54. The molecule has 2 amide bonds. The van der Waals surface area contributed by atoms with Crippen molar-refractivity contribution in [2.45, 2.75) is 0 Å². The van der Waals surface area contributed by atoms with Crippen molar-refractivity contribution in [2.75, 3.05) is 25.6 Å². The molecule has 2 aromatic carbocycles. The molecule has 0 bridgehead atoms. The van der Waals surface area contributed by atoms with Crippen molar-refractivity contribution in [2.24, 2.45) is 0 Å². The van der Waals surface area contributed by atoms with Crippen molar-refractivity contribution in [1.29, 1.82) is 0 Å². The van der Waals surface area contributed by atoms with Gasteiger partial charge in [-0.15, -0.1) is 0 Å². The summed E-state index contributed by atoms with van der Waals surface area (Å²) in [6, 6.07) is 9.64. The molecule has 0 aliphatic heterocycles. The molecule has 9 heteroatoms. The zero-order valence-electron chi connectivity index (χ0n) is 15.5. The van der Waals surface area contributed by atoms with Gasteiger partial charge in [0.05, 0.1) is 13.7 Å². The minimum Gasteiger partial charge on any atom is -0.504 e. The van der Waals surface area contributed by atoms with E-state index in [0.717, 1.165) is 6.08 Å². The quantitative estimate of drug-likeness (QED) is 0.459. The summed E-state index contributed by atoms with van der Waals surface area (Å²) in [5, 5.41) is 14.3. The minimum atomic E-state index is -0.761. The van der Waals surface area contributed by atoms with E-state index in [1.165, 1.54) is 49.6 Å². The summed E-state index contributed by atoms with van der Waals surface area (Å²) in [5.41, 5.74) is 0.964. The molecule has 29 heavy (non-hydrogen) atoms. The number of methoxy groups -OCH3 is 1. The molecule has 0 atom stereocenters. The van der Waals surface area contributed by atoms with Gasteiger partial charge in [0.15, 0.2) is 18.1 Å². The number of esters is 1. The monoisotopic (exact) mass is 402 g/mol. The van der Waals surface area contributed by atoms with Crippen LogP contribution in [0.4, 0.5) is 10.1 Å². The second-order valence-electron chi connectivity index (χ2n) is 5.70. The van der Waals surface area contributed by atoms with Gasteiger partial charge in [0.25, 0.3) is 5.91 Å². The number of ether oxygens (including phenoxy) is 2. The number of amides is 2. The van der Waals surface area contributed by atoms with Crippen LogP contribution in [0.5, 0.6) is 11.5 Å². The van der Waals surface area contributed by atoms with Gasteiger partial charge >= 0.3 is 5.97 Å². The third-order valence-corrected chi connectivity index (χ3v) is 3.54. The standard InChI is InChI=1S/C20H19FN2O6/c1-28-17-10-13(2-8-16(17)24)3-9-20(27)29-12-19(26)22-11-18(25)23-15-6-4-14(21)5-7-15/h2-10,24H,11-12H2,1H3,(H,22,26)(H,23,25)/b9-3+. The molecule has 0 spiro atoms. The lowest BCUT2D eigenvalue weighted by atomic mass is 10.2. The van der Waals surface area contributed by atoms with E-state index in [1.807, 2.05) is 0 Å². The molecule has 152 valence electrons. The number of halogens is 1. The van der Waals surface area contributed by atoms with Crippen LogP contribution in [0.3, 0.4) is 0 Å². The van der Waals surface area contributed by atoms with Gasteiger partial charge in [-0.25, -0.2) is 9.18 Å². The molecule has 0 aliphatic carbocycles. The predicted molar refractivity (Wildman–Crippen MR) is 103 cm³/mol. The maximum absolute atomic E-state index is 12.8. The Balaban J connectivity index is 1.72. The van der Waals surface area contributed by atoms with E-state index in [2.05, 4.69) is 10.6 Å². The number of hydrogen-bond acceptors (Lipinski definition) is 6. The highest BCUT2D eigenvalue weighted by atomic mass is 19.1. The Morgan fingerprint density at radius 1 is 1.10 bits per heavy atom. The van der Waals surface area contributed by atoms with Gasteiger partial charge in [0, 0.05) is 11.8 Å². The molecule has 8 nitrogen and oxygen atoms in total. The zero-order valence-corrected chi connectivity index (χ0v) is 15.5. The van der Waals surface area contributed by atoms with Crippen LogP contribution in [0.25, 0.3) is 6.08 Å². The second-order valence-corrected chi connectivity index (χ2v) is 5.70. The van der Waals surface area contributed by atoms with Crippen LogP contribution in [0.2, 0.25) is 0 Å². The zero-order chi connectivity index (χ0) is 21.2. The summed E-state index contributed by atoms with van der Waals surface area (Å²) in [7, 11) is 1.40. The van der Waals surface area contributed by atoms with Crippen molar-refractivity contribution in [1.82, 2.24) is 5.32 Å². The number of aromatic hydroxyl groups is 1. The molecule has 2 aromatic rings. The topological polar surface area (TPSA) is 114 Å². The van der Waals surface area contributed by atoms with Crippen LogP contribution in [0.1, 0.15) is 5.56 Å². The number of carbonyl (C=O) groups is 3. The maximum atomic E-state index is 12.8.